The third kappa shape index (κ3) is 5.80. The van der Waals surface area contributed by atoms with E-state index in [2.05, 4.69) is 76.8 Å². The zero-order valence-electron chi connectivity index (χ0n) is 18.2. The molecule has 1 aromatic heterocycles. The number of ether oxygens (including phenoxy) is 1. The molecule has 0 spiro atoms. The summed E-state index contributed by atoms with van der Waals surface area (Å²) in [7, 11) is 0. The largest absolute Gasteiger partial charge is 0.489 e. The van der Waals surface area contributed by atoms with Gasteiger partial charge in [0.05, 0.1) is 0 Å². The summed E-state index contributed by atoms with van der Waals surface area (Å²) in [5.74, 6) is 1.78. The molecule has 0 unspecified atom stereocenters. The fourth-order valence-corrected chi connectivity index (χ4v) is 3.70. The molecule has 160 valence electrons. The van der Waals surface area contributed by atoms with E-state index in [9.17, 15) is 0 Å². The van der Waals surface area contributed by atoms with Gasteiger partial charge in [0.15, 0.2) is 10.6 Å². The van der Waals surface area contributed by atoms with E-state index in [1.807, 2.05) is 12.1 Å². The van der Waals surface area contributed by atoms with E-state index < -0.39 is 0 Å². The van der Waals surface area contributed by atoms with Crippen LogP contribution in [0.2, 0.25) is 0 Å². The molecule has 3 aromatic rings. The SMILES string of the molecule is CCc1ccc(OCc2ccc(-c3n[nH]c(=S)n3CCCN(CC)CC)cc2)cc1. The third-order valence-electron chi connectivity index (χ3n) is 5.46. The maximum absolute atomic E-state index is 5.91. The first kappa shape index (κ1) is 22.2. The highest BCUT2D eigenvalue weighted by molar-refractivity contribution is 7.71. The zero-order valence-corrected chi connectivity index (χ0v) is 19.0. The number of benzene rings is 2. The maximum Gasteiger partial charge on any atom is 0.195 e. The fourth-order valence-electron chi connectivity index (χ4n) is 3.48. The van der Waals surface area contributed by atoms with Gasteiger partial charge >= 0.3 is 0 Å². The first-order valence-electron chi connectivity index (χ1n) is 10.8. The molecule has 0 saturated heterocycles. The zero-order chi connectivity index (χ0) is 21.3. The van der Waals surface area contributed by atoms with Crippen LogP contribution in [0.1, 0.15) is 38.3 Å². The maximum atomic E-state index is 5.91. The molecule has 0 radical (unpaired) electrons. The van der Waals surface area contributed by atoms with Crippen molar-refractivity contribution in [3.63, 3.8) is 0 Å². The van der Waals surface area contributed by atoms with Gasteiger partial charge in [-0.1, -0.05) is 57.2 Å². The van der Waals surface area contributed by atoms with Crippen LogP contribution in [-0.2, 0) is 19.6 Å². The predicted molar refractivity (Wildman–Crippen MR) is 125 cm³/mol. The van der Waals surface area contributed by atoms with Crippen LogP contribution in [-0.4, -0.2) is 39.3 Å². The average molecular weight is 425 g/mol. The molecule has 0 atom stereocenters. The van der Waals surface area contributed by atoms with E-state index in [-0.39, 0.29) is 0 Å². The standard InChI is InChI=1S/C24H32N4OS/c1-4-19-10-14-22(15-11-19)29-18-20-8-12-21(13-9-20)23-25-26-24(30)28(23)17-7-16-27(5-2)6-3/h8-15H,4-7,16-18H2,1-3H3,(H,26,30). The predicted octanol–water partition coefficient (Wildman–Crippen LogP) is 5.48. The van der Waals surface area contributed by atoms with Crippen molar-refractivity contribution in [1.29, 1.82) is 0 Å². The van der Waals surface area contributed by atoms with Gasteiger partial charge in [-0.15, -0.1) is 0 Å². The van der Waals surface area contributed by atoms with E-state index in [4.69, 9.17) is 17.0 Å². The Kier molecular flexibility index (Phi) is 8.22. The molecule has 5 nitrogen and oxygen atoms in total. The van der Waals surface area contributed by atoms with E-state index in [0.29, 0.717) is 11.4 Å². The molecule has 6 heteroatoms. The van der Waals surface area contributed by atoms with E-state index in [0.717, 1.165) is 61.7 Å². The van der Waals surface area contributed by atoms with Crippen LogP contribution in [0.3, 0.4) is 0 Å². The number of rotatable bonds is 11. The van der Waals surface area contributed by atoms with Gasteiger partial charge < -0.3 is 14.2 Å². The molecule has 0 aliphatic carbocycles. The van der Waals surface area contributed by atoms with Crippen molar-refractivity contribution in [2.24, 2.45) is 0 Å². The van der Waals surface area contributed by atoms with E-state index >= 15 is 0 Å². The number of H-pyrrole nitrogens is 1. The fraction of sp³-hybridized carbons (Fsp3) is 0.417. The smallest absolute Gasteiger partial charge is 0.195 e. The molecule has 0 aliphatic heterocycles. The molecule has 30 heavy (non-hydrogen) atoms. The minimum absolute atomic E-state index is 0.544. The van der Waals surface area contributed by atoms with Crippen LogP contribution in [0.25, 0.3) is 11.4 Å². The van der Waals surface area contributed by atoms with Crippen molar-refractivity contribution in [2.75, 3.05) is 19.6 Å². The lowest BCUT2D eigenvalue weighted by molar-refractivity contribution is 0.293. The number of nitrogens with one attached hydrogen (secondary N) is 1. The molecule has 0 saturated carbocycles. The molecule has 2 aromatic carbocycles. The van der Waals surface area contributed by atoms with Crippen molar-refractivity contribution >= 4 is 12.2 Å². The molecule has 1 heterocycles. The van der Waals surface area contributed by atoms with E-state index in [1.165, 1.54) is 5.56 Å². The second-order valence-corrected chi connectivity index (χ2v) is 7.75. The minimum Gasteiger partial charge on any atom is -0.489 e. The van der Waals surface area contributed by atoms with Gasteiger partial charge in [-0.25, -0.2) is 0 Å². The summed E-state index contributed by atoms with van der Waals surface area (Å²) >= 11 is 5.46. The van der Waals surface area contributed by atoms with Gasteiger partial charge in [-0.05, 0) is 68.0 Å². The highest BCUT2D eigenvalue weighted by Crippen LogP contribution is 2.20. The Labute approximate surface area is 184 Å². The Balaban J connectivity index is 1.62. The molecule has 0 amide bonds. The molecule has 0 bridgehead atoms. The molecule has 0 aliphatic rings. The van der Waals surface area contributed by atoms with Crippen LogP contribution >= 0.6 is 12.2 Å². The number of aromatic amines is 1. The van der Waals surface area contributed by atoms with Crippen LogP contribution in [0, 0.1) is 4.77 Å². The van der Waals surface area contributed by atoms with Gasteiger partial charge in [0.25, 0.3) is 0 Å². The van der Waals surface area contributed by atoms with Gasteiger partial charge in [0.2, 0.25) is 0 Å². The van der Waals surface area contributed by atoms with Crippen molar-refractivity contribution in [1.82, 2.24) is 19.7 Å². The van der Waals surface area contributed by atoms with Crippen LogP contribution < -0.4 is 4.74 Å². The lowest BCUT2D eigenvalue weighted by atomic mass is 10.1. The first-order chi connectivity index (χ1) is 14.6. The Morgan fingerprint density at radius 3 is 2.27 bits per heavy atom. The number of aryl methyl sites for hydroxylation is 1. The van der Waals surface area contributed by atoms with Crippen LogP contribution in [0.5, 0.6) is 5.75 Å². The second-order valence-electron chi connectivity index (χ2n) is 7.37. The summed E-state index contributed by atoms with van der Waals surface area (Å²) in [6.07, 6.45) is 2.08. The quantitative estimate of drug-likeness (QED) is 0.414. The van der Waals surface area contributed by atoms with Gasteiger partial charge in [-0.3, -0.25) is 5.10 Å². The summed E-state index contributed by atoms with van der Waals surface area (Å²) in [6, 6.07) is 16.6. The van der Waals surface area contributed by atoms with Gasteiger partial charge in [-0.2, -0.15) is 5.10 Å². The van der Waals surface area contributed by atoms with Crippen LogP contribution in [0.15, 0.2) is 48.5 Å². The Morgan fingerprint density at radius 2 is 1.63 bits per heavy atom. The number of aromatic nitrogens is 3. The summed E-state index contributed by atoms with van der Waals surface area (Å²) in [4.78, 5) is 2.42. The molecular formula is C24H32N4OS. The monoisotopic (exact) mass is 424 g/mol. The second kappa shape index (κ2) is 11.1. The highest BCUT2D eigenvalue weighted by atomic mass is 32.1. The number of hydrogen-bond donors (Lipinski definition) is 1. The number of hydrogen-bond acceptors (Lipinski definition) is 4. The Hall–Kier alpha value is -2.44. The summed E-state index contributed by atoms with van der Waals surface area (Å²) in [6.45, 7) is 11.2. The summed E-state index contributed by atoms with van der Waals surface area (Å²) in [5, 5.41) is 7.41. The minimum atomic E-state index is 0.544. The topological polar surface area (TPSA) is 46.1 Å². The number of nitrogens with zero attached hydrogens (tertiary/aromatic N) is 3. The third-order valence-corrected chi connectivity index (χ3v) is 5.77. The lowest BCUT2D eigenvalue weighted by Crippen LogP contribution is -2.24. The highest BCUT2D eigenvalue weighted by Gasteiger charge is 2.10. The van der Waals surface area contributed by atoms with Crippen molar-refractivity contribution in [3.8, 4) is 17.1 Å². The van der Waals surface area contributed by atoms with Gasteiger partial charge in [0.1, 0.15) is 12.4 Å². The Bertz CT molecular complexity index is 956. The van der Waals surface area contributed by atoms with E-state index in [1.54, 1.807) is 0 Å². The molecule has 1 N–H and O–H groups in total. The van der Waals surface area contributed by atoms with Crippen molar-refractivity contribution < 1.29 is 4.74 Å². The van der Waals surface area contributed by atoms with Crippen LogP contribution in [0.4, 0.5) is 0 Å². The molecular weight excluding hydrogens is 392 g/mol. The summed E-state index contributed by atoms with van der Waals surface area (Å²) in [5.41, 5.74) is 3.50. The molecule has 0 fully saturated rings. The van der Waals surface area contributed by atoms with Crippen molar-refractivity contribution in [2.45, 2.75) is 46.8 Å². The normalized spacial score (nSPS) is 11.2. The summed E-state index contributed by atoms with van der Waals surface area (Å²) < 4.78 is 8.68. The first-order valence-corrected chi connectivity index (χ1v) is 11.2. The van der Waals surface area contributed by atoms with Crippen molar-refractivity contribution in [3.05, 3.63) is 64.4 Å². The Morgan fingerprint density at radius 1 is 0.967 bits per heavy atom. The average Bonchev–Trinajstić information content (AvgIpc) is 3.16. The lowest BCUT2D eigenvalue weighted by Gasteiger charge is -2.18. The van der Waals surface area contributed by atoms with Gasteiger partial charge in [0, 0.05) is 12.1 Å². The molecule has 3 rings (SSSR count).